The number of hydrogen-bond acceptors (Lipinski definition) is 3. The minimum Gasteiger partial charge on any atom is -0.489 e. The summed E-state index contributed by atoms with van der Waals surface area (Å²) in [6.45, 7) is 5.48. The third kappa shape index (κ3) is 3.34. The summed E-state index contributed by atoms with van der Waals surface area (Å²) in [7, 11) is 0. The molecule has 0 N–H and O–H groups in total. The Morgan fingerprint density at radius 1 is 1.09 bits per heavy atom. The van der Waals surface area contributed by atoms with Gasteiger partial charge in [-0.3, -0.25) is 0 Å². The van der Waals surface area contributed by atoms with Crippen LogP contribution in [0.2, 0.25) is 0 Å². The molecule has 0 aliphatic carbocycles. The number of benzene rings is 3. The highest BCUT2D eigenvalue weighted by Gasteiger charge is 2.09. The fourth-order valence-electron chi connectivity index (χ4n) is 2.55. The molecule has 1 atom stereocenters. The van der Waals surface area contributed by atoms with Gasteiger partial charge in [0.25, 0.3) is 0 Å². The molecule has 3 nitrogen and oxygen atoms in total. The van der Waals surface area contributed by atoms with Crippen LogP contribution in [0, 0.1) is 0 Å². The summed E-state index contributed by atoms with van der Waals surface area (Å²) in [5.74, 6) is 0.347. The molecule has 3 aromatic rings. The van der Waals surface area contributed by atoms with Crippen molar-refractivity contribution in [2.24, 2.45) is 0 Å². The summed E-state index contributed by atoms with van der Waals surface area (Å²) in [6, 6.07) is 18.5. The maximum atomic E-state index is 11.2. The Kier molecular flexibility index (Phi) is 4.29. The maximum absolute atomic E-state index is 11.2. The van der Waals surface area contributed by atoms with Crippen LogP contribution in [0.1, 0.15) is 6.92 Å². The standard InChI is InChI=1S/C20H18O3/c1-3-20(21)23-14(2)13-22-19-10-6-9-17-11-15-7-4-5-8-16(15)12-18(17)19/h3-12,14H,1,13H2,2H3. The molecule has 0 aliphatic heterocycles. The number of hydrogen-bond donors (Lipinski definition) is 0. The molecule has 3 heteroatoms. The van der Waals surface area contributed by atoms with Crippen molar-refractivity contribution in [2.45, 2.75) is 13.0 Å². The Bertz CT molecular complexity index is 867. The zero-order valence-corrected chi connectivity index (χ0v) is 13.0. The minimum atomic E-state index is -0.440. The Balaban J connectivity index is 1.87. The van der Waals surface area contributed by atoms with Crippen LogP contribution in [0.5, 0.6) is 5.75 Å². The van der Waals surface area contributed by atoms with Crippen LogP contribution in [-0.2, 0) is 9.53 Å². The minimum absolute atomic E-state index is 0.297. The molecule has 0 radical (unpaired) electrons. The van der Waals surface area contributed by atoms with E-state index in [2.05, 4.69) is 36.9 Å². The molecular weight excluding hydrogens is 288 g/mol. The molecule has 0 heterocycles. The first-order chi connectivity index (χ1) is 11.2. The van der Waals surface area contributed by atoms with Crippen molar-refractivity contribution < 1.29 is 14.3 Å². The van der Waals surface area contributed by atoms with E-state index in [1.165, 1.54) is 10.8 Å². The molecule has 1 unspecified atom stereocenters. The second kappa shape index (κ2) is 6.53. The quantitative estimate of drug-likeness (QED) is 0.396. The van der Waals surface area contributed by atoms with E-state index < -0.39 is 5.97 Å². The summed E-state index contributed by atoms with van der Waals surface area (Å²) < 4.78 is 11.0. The first-order valence-corrected chi connectivity index (χ1v) is 7.55. The van der Waals surface area contributed by atoms with Crippen LogP contribution in [0.4, 0.5) is 0 Å². The molecule has 0 fully saturated rings. The molecular formula is C20H18O3. The predicted molar refractivity (Wildman–Crippen MR) is 92.7 cm³/mol. The number of fused-ring (bicyclic) bond motifs is 2. The normalized spacial score (nSPS) is 12.0. The first-order valence-electron chi connectivity index (χ1n) is 7.55. The summed E-state index contributed by atoms with van der Waals surface area (Å²) in [4.78, 5) is 11.2. The van der Waals surface area contributed by atoms with E-state index >= 15 is 0 Å². The van der Waals surface area contributed by atoms with Crippen LogP contribution in [0.25, 0.3) is 21.5 Å². The maximum Gasteiger partial charge on any atom is 0.330 e. The summed E-state index contributed by atoms with van der Waals surface area (Å²) >= 11 is 0. The molecule has 0 aliphatic rings. The summed E-state index contributed by atoms with van der Waals surface area (Å²) in [5, 5.41) is 4.54. The Labute approximate surface area is 135 Å². The van der Waals surface area contributed by atoms with Crippen LogP contribution < -0.4 is 4.74 Å². The van der Waals surface area contributed by atoms with Gasteiger partial charge in [-0.1, -0.05) is 43.0 Å². The van der Waals surface area contributed by atoms with Gasteiger partial charge < -0.3 is 9.47 Å². The van der Waals surface area contributed by atoms with Gasteiger partial charge in [-0.05, 0) is 41.3 Å². The van der Waals surface area contributed by atoms with Gasteiger partial charge in [0.05, 0.1) is 0 Å². The number of carbonyl (C=O) groups is 1. The van der Waals surface area contributed by atoms with Gasteiger partial charge in [-0.2, -0.15) is 0 Å². The van der Waals surface area contributed by atoms with Gasteiger partial charge in [0.15, 0.2) is 0 Å². The topological polar surface area (TPSA) is 35.5 Å². The molecule has 23 heavy (non-hydrogen) atoms. The largest absolute Gasteiger partial charge is 0.489 e. The second-order valence-electron chi connectivity index (χ2n) is 5.44. The van der Waals surface area contributed by atoms with Crippen molar-refractivity contribution in [3.05, 3.63) is 67.3 Å². The van der Waals surface area contributed by atoms with Gasteiger partial charge in [0.2, 0.25) is 0 Å². The fourth-order valence-corrected chi connectivity index (χ4v) is 2.55. The highest BCUT2D eigenvalue weighted by atomic mass is 16.6. The lowest BCUT2D eigenvalue weighted by atomic mass is 10.0. The predicted octanol–water partition coefficient (Wildman–Crippen LogP) is 4.49. The van der Waals surface area contributed by atoms with Crippen molar-refractivity contribution in [2.75, 3.05) is 6.61 Å². The first kappa shape index (κ1) is 15.1. The number of rotatable bonds is 5. The van der Waals surface area contributed by atoms with Gasteiger partial charge >= 0.3 is 5.97 Å². The SMILES string of the molecule is C=CC(=O)OC(C)COc1cccc2cc3ccccc3cc12. The van der Waals surface area contributed by atoms with Crippen LogP contribution in [0.3, 0.4) is 0 Å². The third-order valence-corrected chi connectivity index (χ3v) is 3.66. The lowest BCUT2D eigenvalue weighted by Gasteiger charge is -2.15. The van der Waals surface area contributed by atoms with E-state index in [-0.39, 0.29) is 6.10 Å². The summed E-state index contributed by atoms with van der Waals surface area (Å²) in [5.41, 5.74) is 0. The van der Waals surface area contributed by atoms with Gasteiger partial charge in [-0.15, -0.1) is 0 Å². The van der Waals surface area contributed by atoms with E-state index in [1.807, 2.05) is 24.3 Å². The highest BCUT2D eigenvalue weighted by molar-refractivity contribution is 6.00. The molecule has 0 aromatic heterocycles. The average Bonchev–Trinajstić information content (AvgIpc) is 2.58. The van der Waals surface area contributed by atoms with E-state index in [4.69, 9.17) is 9.47 Å². The van der Waals surface area contributed by atoms with Gasteiger partial charge in [0.1, 0.15) is 18.5 Å². The molecule has 116 valence electrons. The van der Waals surface area contributed by atoms with Gasteiger partial charge in [-0.25, -0.2) is 4.79 Å². The zero-order valence-electron chi connectivity index (χ0n) is 13.0. The van der Waals surface area contributed by atoms with Crippen molar-refractivity contribution in [3.8, 4) is 5.75 Å². The van der Waals surface area contributed by atoms with Crippen molar-refractivity contribution in [1.82, 2.24) is 0 Å². The molecule has 0 saturated carbocycles. The Hall–Kier alpha value is -2.81. The lowest BCUT2D eigenvalue weighted by Crippen LogP contribution is -2.20. The Morgan fingerprint density at radius 2 is 1.78 bits per heavy atom. The van der Waals surface area contributed by atoms with Crippen molar-refractivity contribution in [1.29, 1.82) is 0 Å². The third-order valence-electron chi connectivity index (χ3n) is 3.66. The number of carbonyl (C=O) groups excluding carboxylic acids is 1. The van der Waals surface area contributed by atoms with E-state index in [0.29, 0.717) is 6.61 Å². The van der Waals surface area contributed by atoms with Crippen LogP contribution in [-0.4, -0.2) is 18.7 Å². The summed E-state index contributed by atoms with van der Waals surface area (Å²) in [6.07, 6.45) is 0.816. The highest BCUT2D eigenvalue weighted by Crippen LogP contribution is 2.30. The number of ether oxygens (including phenoxy) is 2. The Morgan fingerprint density at radius 3 is 2.52 bits per heavy atom. The van der Waals surface area contributed by atoms with Gasteiger partial charge in [0, 0.05) is 11.5 Å². The monoisotopic (exact) mass is 306 g/mol. The smallest absolute Gasteiger partial charge is 0.330 e. The van der Waals surface area contributed by atoms with Crippen molar-refractivity contribution >= 4 is 27.5 Å². The average molecular weight is 306 g/mol. The van der Waals surface area contributed by atoms with E-state index in [1.54, 1.807) is 6.92 Å². The van der Waals surface area contributed by atoms with Crippen LogP contribution >= 0.6 is 0 Å². The lowest BCUT2D eigenvalue weighted by molar-refractivity contribution is -0.143. The molecule has 3 aromatic carbocycles. The second-order valence-corrected chi connectivity index (χ2v) is 5.44. The molecule has 0 spiro atoms. The van der Waals surface area contributed by atoms with E-state index in [9.17, 15) is 4.79 Å². The molecule has 3 rings (SSSR count). The van der Waals surface area contributed by atoms with Crippen molar-refractivity contribution in [3.63, 3.8) is 0 Å². The number of esters is 1. The fraction of sp³-hybridized carbons (Fsp3) is 0.150. The zero-order chi connectivity index (χ0) is 16.2. The molecule has 0 amide bonds. The molecule has 0 bridgehead atoms. The van der Waals surface area contributed by atoms with Crippen LogP contribution in [0.15, 0.2) is 67.3 Å². The molecule has 0 saturated heterocycles. The van der Waals surface area contributed by atoms with E-state index in [0.717, 1.165) is 22.6 Å².